The summed E-state index contributed by atoms with van der Waals surface area (Å²) in [7, 11) is 0. The van der Waals surface area contributed by atoms with Gasteiger partial charge in [0.2, 0.25) is 5.91 Å². The van der Waals surface area contributed by atoms with Gasteiger partial charge in [0, 0.05) is 11.3 Å². The van der Waals surface area contributed by atoms with Gasteiger partial charge in [-0.15, -0.1) is 10.2 Å². The lowest BCUT2D eigenvalue weighted by atomic mass is 10.0. The third-order valence-electron chi connectivity index (χ3n) is 3.26. The number of nitrogens with one attached hydrogen (secondary N) is 1. The quantitative estimate of drug-likeness (QED) is 0.702. The lowest BCUT2D eigenvalue weighted by Gasteiger charge is -2.14. The predicted octanol–water partition coefficient (Wildman–Crippen LogP) is 4.32. The molecule has 1 aromatic heterocycles. The first-order valence-corrected chi connectivity index (χ1v) is 8.88. The third-order valence-corrected chi connectivity index (χ3v) is 5.17. The SMILES string of the molecule is C[C@@H](Sc1nncs1)C(=O)Nc1ccccc1-c1ccccc1. The zero-order valence-corrected chi connectivity index (χ0v) is 14.1. The molecule has 1 heterocycles. The van der Waals surface area contributed by atoms with Crippen molar-refractivity contribution in [1.82, 2.24) is 10.2 Å². The first kappa shape index (κ1) is 15.7. The number of hydrogen-bond acceptors (Lipinski definition) is 5. The van der Waals surface area contributed by atoms with Crippen molar-refractivity contribution in [3.05, 3.63) is 60.1 Å². The lowest BCUT2D eigenvalue weighted by Crippen LogP contribution is -2.22. The molecule has 6 heteroatoms. The van der Waals surface area contributed by atoms with Gasteiger partial charge in [0.15, 0.2) is 4.34 Å². The Labute approximate surface area is 143 Å². The average molecular weight is 341 g/mol. The first-order valence-electron chi connectivity index (χ1n) is 7.12. The first-order chi connectivity index (χ1) is 11.2. The maximum absolute atomic E-state index is 12.4. The van der Waals surface area contributed by atoms with Gasteiger partial charge < -0.3 is 5.32 Å². The molecular weight excluding hydrogens is 326 g/mol. The summed E-state index contributed by atoms with van der Waals surface area (Å²) in [6, 6.07) is 17.8. The van der Waals surface area contributed by atoms with Crippen LogP contribution in [0.15, 0.2) is 64.4 Å². The maximum atomic E-state index is 12.4. The Hall–Kier alpha value is -2.18. The topological polar surface area (TPSA) is 54.9 Å². The molecule has 2 aromatic carbocycles. The van der Waals surface area contributed by atoms with Crippen molar-refractivity contribution in [2.45, 2.75) is 16.5 Å². The molecule has 0 saturated heterocycles. The Kier molecular flexibility index (Phi) is 5.05. The van der Waals surface area contributed by atoms with E-state index in [0.717, 1.165) is 21.2 Å². The molecular formula is C17H15N3OS2. The Bertz CT molecular complexity index is 776. The molecule has 4 nitrogen and oxygen atoms in total. The molecule has 3 aromatic rings. The van der Waals surface area contributed by atoms with E-state index in [1.54, 1.807) is 5.51 Å². The van der Waals surface area contributed by atoms with Crippen LogP contribution in [0.2, 0.25) is 0 Å². The molecule has 3 rings (SSSR count). The summed E-state index contributed by atoms with van der Waals surface area (Å²) in [6.45, 7) is 1.87. The smallest absolute Gasteiger partial charge is 0.237 e. The van der Waals surface area contributed by atoms with E-state index in [-0.39, 0.29) is 11.2 Å². The maximum Gasteiger partial charge on any atom is 0.237 e. The summed E-state index contributed by atoms with van der Waals surface area (Å²) < 4.78 is 0.795. The fourth-order valence-corrected chi connectivity index (χ4v) is 3.74. The fraction of sp³-hybridized carbons (Fsp3) is 0.118. The number of nitrogens with zero attached hydrogens (tertiary/aromatic N) is 2. The van der Waals surface area contributed by atoms with Gasteiger partial charge in [-0.1, -0.05) is 71.6 Å². The van der Waals surface area contributed by atoms with Crippen LogP contribution >= 0.6 is 23.1 Å². The van der Waals surface area contributed by atoms with E-state index in [4.69, 9.17) is 0 Å². The van der Waals surface area contributed by atoms with Crippen molar-refractivity contribution in [3.63, 3.8) is 0 Å². The van der Waals surface area contributed by atoms with Crippen LogP contribution in [0.1, 0.15) is 6.92 Å². The standard InChI is InChI=1S/C17H15N3OS2/c1-12(23-17-20-18-11-22-17)16(21)19-15-10-6-5-9-14(15)13-7-3-2-4-8-13/h2-12H,1H3,(H,19,21)/t12-/m1/s1. The normalized spacial score (nSPS) is 11.9. The van der Waals surface area contributed by atoms with E-state index >= 15 is 0 Å². The highest BCUT2D eigenvalue weighted by Crippen LogP contribution is 2.29. The number of anilines is 1. The number of amides is 1. The van der Waals surface area contributed by atoms with Crippen LogP contribution in [0.3, 0.4) is 0 Å². The van der Waals surface area contributed by atoms with E-state index in [0.29, 0.717) is 0 Å². The van der Waals surface area contributed by atoms with E-state index in [1.165, 1.54) is 23.1 Å². The summed E-state index contributed by atoms with van der Waals surface area (Å²) in [5.74, 6) is -0.0476. The van der Waals surface area contributed by atoms with Crippen LogP contribution in [-0.4, -0.2) is 21.4 Å². The van der Waals surface area contributed by atoms with Crippen molar-refractivity contribution in [2.24, 2.45) is 0 Å². The Morgan fingerprint density at radius 1 is 1.13 bits per heavy atom. The van der Waals surface area contributed by atoms with Gasteiger partial charge in [0.05, 0.1) is 5.25 Å². The molecule has 0 saturated carbocycles. The van der Waals surface area contributed by atoms with Crippen LogP contribution in [0.25, 0.3) is 11.1 Å². The molecule has 116 valence electrons. The number of para-hydroxylation sites is 1. The van der Waals surface area contributed by atoms with Crippen molar-refractivity contribution < 1.29 is 4.79 Å². The number of rotatable bonds is 5. The minimum atomic E-state index is -0.244. The zero-order valence-electron chi connectivity index (χ0n) is 12.5. The molecule has 0 radical (unpaired) electrons. The van der Waals surface area contributed by atoms with Crippen LogP contribution in [-0.2, 0) is 4.79 Å². The summed E-state index contributed by atoms with van der Waals surface area (Å²) in [5.41, 5.74) is 4.56. The number of benzene rings is 2. The molecule has 0 bridgehead atoms. The number of carbonyl (C=O) groups excluding carboxylic acids is 1. The molecule has 0 spiro atoms. The van der Waals surface area contributed by atoms with Crippen molar-refractivity contribution in [1.29, 1.82) is 0 Å². The van der Waals surface area contributed by atoms with E-state index in [9.17, 15) is 4.79 Å². The minimum absolute atomic E-state index is 0.0476. The zero-order chi connectivity index (χ0) is 16.1. The Morgan fingerprint density at radius 3 is 2.61 bits per heavy atom. The monoisotopic (exact) mass is 341 g/mol. The molecule has 1 atom stereocenters. The van der Waals surface area contributed by atoms with Crippen molar-refractivity contribution in [2.75, 3.05) is 5.32 Å². The highest BCUT2D eigenvalue weighted by Gasteiger charge is 2.17. The highest BCUT2D eigenvalue weighted by atomic mass is 32.2. The van der Waals surface area contributed by atoms with Crippen LogP contribution in [0.4, 0.5) is 5.69 Å². The third kappa shape index (κ3) is 3.97. The van der Waals surface area contributed by atoms with Gasteiger partial charge >= 0.3 is 0 Å². The molecule has 0 aliphatic carbocycles. The van der Waals surface area contributed by atoms with E-state index < -0.39 is 0 Å². The van der Waals surface area contributed by atoms with Gasteiger partial charge in [-0.2, -0.15) is 0 Å². The summed E-state index contributed by atoms with van der Waals surface area (Å²) in [5, 5.41) is 10.5. The van der Waals surface area contributed by atoms with E-state index in [1.807, 2.05) is 61.5 Å². The second-order valence-corrected chi connectivity index (χ2v) is 7.29. The molecule has 0 aliphatic rings. The van der Waals surface area contributed by atoms with Crippen LogP contribution < -0.4 is 5.32 Å². The van der Waals surface area contributed by atoms with Gasteiger partial charge in [0.1, 0.15) is 5.51 Å². The summed E-state index contributed by atoms with van der Waals surface area (Å²) in [6.07, 6.45) is 0. The van der Waals surface area contributed by atoms with Crippen LogP contribution in [0.5, 0.6) is 0 Å². The average Bonchev–Trinajstić information content (AvgIpc) is 3.09. The van der Waals surface area contributed by atoms with Crippen molar-refractivity contribution in [3.8, 4) is 11.1 Å². The largest absolute Gasteiger partial charge is 0.325 e. The van der Waals surface area contributed by atoms with Gasteiger partial charge in [-0.05, 0) is 18.6 Å². The molecule has 1 N–H and O–H groups in total. The molecule has 0 aliphatic heterocycles. The van der Waals surface area contributed by atoms with E-state index in [2.05, 4.69) is 15.5 Å². The molecule has 0 unspecified atom stereocenters. The summed E-state index contributed by atoms with van der Waals surface area (Å²) in [4.78, 5) is 12.4. The minimum Gasteiger partial charge on any atom is -0.325 e. The van der Waals surface area contributed by atoms with Gasteiger partial charge in [-0.3, -0.25) is 4.79 Å². The number of carbonyl (C=O) groups is 1. The second-order valence-electron chi connectivity index (χ2n) is 4.87. The Morgan fingerprint density at radius 2 is 1.87 bits per heavy atom. The summed E-state index contributed by atoms with van der Waals surface area (Å²) >= 11 is 2.85. The molecule has 1 amide bonds. The predicted molar refractivity (Wildman–Crippen MR) is 95.7 cm³/mol. The lowest BCUT2D eigenvalue weighted by molar-refractivity contribution is -0.115. The van der Waals surface area contributed by atoms with Gasteiger partial charge in [-0.25, -0.2) is 0 Å². The molecule has 0 fully saturated rings. The van der Waals surface area contributed by atoms with Crippen LogP contribution in [0, 0.1) is 0 Å². The number of thioether (sulfide) groups is 1. The van der Waals surface area contributed by atoms with Crippen molar-refractivity contribution >= 4 is 34.7 Å². The highest BCUT2D eigenvalue weighted by molar-refractivity contribution is 8.02. The fourth-order valence-electron chi connectivity index (χ4n) is 2.11. The number of hydrogen-bond donors (Lipinski definition) is 1. The number of aromatic nitrogens is 2. The van der Waals surface area contributed by atoms with Gasteiger partial charge in [0.25, 0.3) is 0 Å². The molecule has 23 heavy (non-hydrogen) atoms. The second kappa shape index (κ2) is 7.39. The Balaban J connectivity index is 1.76.